The van der Waals surface area contributed by atoms with Gasteiger partial charge in [0, 0.05) is 37.1 Å². The van der Waals surface area contributed by atoms with Crippen molar-refractivity contribution in [2.24, 2.45) is 7.05 Å². The van der Waals surface area contributed by atoms with Gasteiger partial charge in [0.1, 0.15) is 11.4 Å². The molecule has 24 heavy (non-hydrogen) atoms. The molecule has 1 aliphatic carbocycles. The monoisotopic (exact) mass is 326 g/mol. The first-order valence-electron chi connectivity index (χ1n) is 8.27. The maximum absolute atomic E-state index is 12.2. The van der Waals surface area contributed by atoms with Crippen molar-refractivity contribution in [2.45, 2.75) is 39.5 Å². The standard InChI is InChI=1S/C18H22N4O2/c1-11-7-8-14(18(24)22(11)3)17(23)19-10-9-16-20-12(2)13-5-4-6-15(13)21-16/h7-8H,4-6,9-10H2,1-3H3,(H,19,23). The van der Waals surface area contributed by atoms with Gasteiger partial charge in [0.05, 0.1) is 0 Å². The molecule has 0 spiro atoms. The fourth-order valence-corrected chi connectivity index (χ4v) is 3.08. The Balaban J connectivity index is 1.65. The van der Waals surface area contributed by atoms with Crippen molar-refractivity contribution < 1.29 is 4.79 Å². The van der Waals surface area contributed by atoms with Crippen molar-refractivity contribution in [1.29, 1.82) is 0 Å². The zero-order chi connectivity index (χ0) is 17.3. The van der Waals surface area contributed by atoms with Crippen LogP contribution >= 0.6 is 0 Å². The summed E-state index contributed by atoms with van der Waals surface area (Å²) in [5, 5.41) is 2.79. The molecule has 1 amide bonds. The highest BCUT2D eigenvalue weighted by molar-refractivity contribution is 5.93. The molecule has 6 nitrogen and oxygen atoms in total. The molecule has 0 radical (unpaired) electrons. The summed E-state index contributed by atoms with van der Waals surface area (Å²) < 4.78 is 1.47. The summed E-state index contributed by atoms with van der Waals surface area (Å²) in [7, 11) is 1.66. The molecule has 0 aromatic carbocycles. The van der Waals surface area contributed by atoms with Gasteiger partial charge in [0.15, 0.2) is 0 Å². The summed E-state index contributed by atoms with van der Waals surface area (Å²) in [6.07, 6.45) is 3.78. The quantitative estimate of drug-likeness (QED) is 0.917. The Bertz CT molecular complexity index is 855. The van der Waals surface area contributed by atoms with Gasteiger partial charge in [-0.25, -0.2) is 9.97 Å². The summed E-state index contributed by atoms with van der Waals surface area (Å²) in [5.41, 5.74) is 4.18. The van der Waals surface area contributed by atoms with E-state index < -0.39 is 0 Å². The van der Waals surface area contributed by atoms with E-state index in [9.17, 15) is 9.59 Å². The highest BCUT2D eigenvalue weighted by Crippen LogP contribution is 2.22. The van der Waals surface area contributed by atoms with Crippen molar-refractivity contribution in [1.82, 2.24) is 19.9 Å². The molecule has 0 saturated carbocycles. The Hall–Kier alpha value is -2.50. The smallest absolute Gasteiger partial charge is 0.263 e. The first-order chi connectivity index (χ1) is 11.5. The van der Waals surface area contributed by atoms with Gasteiger partial charge in [0.2, 0.25) is 0 Å². The van der Waals surface area contributed by atoms with E-state index in [1.807, 2.05) is 13.8 Å². The number of carbonyl (C=O) groups is 1. The van der Waals surface area contributed by atoms with Crippen molar-refractivity contribution in [3.63, 3.8) is 0 Å². The molecule has 1 aliphatic rings. The van der Waals surface area contributed by atoms with Crippen LogP contribution in [0.1, 0.15) is 45.2 Å². The van der Waals surface area contributed by atoms with E-state index in [0.717, 1.165) is 42.2 Å². The molecular formula is C18H22N4O2. The number of hydrogen-bond donors (Lipinski definition) is 1. The van der Waals surface area contributed by atoms with Crippen molar-refractivity contribution in [3.8, 4) is 0 Å². The van der Waals surface area contributed by atoms with Crippen LogP contribution in [-0.4, -0.2) is 27.0 Å². The Morgan fingerprint density at radius 2 is 2.04 bits per heavy atom. The second-order valence-corrected chi connectivity index (χ2v) is 6.26. The van der Waals surface area contributed by atoms with E-state index >= 15 is 0 Å². The molecule has 0 bridgehead atoms. The van der Waals surface area contributed by atoms with Crippen LogP contribution in [0.2, 0.25) is 0 Å². The van der Waals surface area contributed by atoms with Gasteiger partial charge < -0.3 is 9.88 Å². The van der Waals surface area contributed by atoms with E-state index in [0.29, 0.717) is 13.0 Å². The number of fused-ring (bicyclic) bond motifs is 1. The Morgan fingerprint density at radius 1 is 1.25 bits per heavy atom. The lowest BCUT2D eigenvalue weighted by molar-refractivity contribution is 0.0952. The molecule has 0 saturated heterocycles. The molecule has 2 heterocycles. The third-order valence-corrected chi connectivity index (χ3v) is 4.62. The average Bonchev–Trinajstić information content (AvgIpc) is 3.01. The minimum atomic E-state index is -0.353. The first-order valence-corrected chi connectivity index (χ1v) is 8.27. The molecule has 0 unspecified atom stereocenters. The predicted molar refractivity (Wildman–Crippen MR) is 91.3 cm³/mol. The number of pyridine rings is 1. The largest absolute Gasteiger partial charge is 0.351 e. The number of aryl methyl sites for hydroxylation is 3. The summed E-state index contributed by atoms with van der Waals surface area (Å²) in [5.74, 6) is 0.402. The summed E-state index contributed by atoms with van der Waals surface area (Å²) in [4.78, 5) is 33.5. The van der Waals surface area contributed by atoms with Crippen LogP contribution in [0.4, 0.5) is 0 Å². The van der Waals surface area contributed by atoms with Crippen molar-refractivity contribution in [3.05, 3.63) is 56.5 Å². The summed E-state index contributed by atoms with van der Waals surface area (Å²) in [6, 6.07) is 3.34. The molecule has 0 aliphatic heterocycles. The van der Waals surface area contributed by atoms with Crippen LogP contribution < -0.4 is 10.9 Å². The summed E-state index contributed by atoms with van der Waals surface area (Å²) >= 11 is 0. The Labute approximate surface area is 141 Å². The van der Waals surface area contributed by atoms with E-state index in [4.69, 9.17) is 0 Å². The lowest BCUT2D eigenvalue weighted by Crippen LogP contribution is -2.34. The second-order valence-electron chi connectivity index (χ2n) is 6.26. The lowest BCUT2D eigenvalue weighted by Gasteiger charge is -2.09. The van der Waals surface area contributed by atoms with Crippen LogP contribution in [0.15, 0.2) is 16.9 Å². The molecule has 2 aromatic heterocycles. The van der Waals surface area contributed by atoms with Crippen LogP contribution in [0.3, 0.4) is 0 Å². The number of amides is 1. The van der Waals surface area contributed by atoms with Gasteiger partial charge in [-0.2, -0.15) is 0 Å². The molecule has 126 valence electrons. The van der Waals surface area contributed by atoms with E-state index in [1.165, 1.54) is 10.1 Å². The first kappa shape index (κ1) is 16.4. The Kier molecular flexibility index (Phi) is 4.46. The Morgan fingerprint density at radius 3 is 2.83 bits per heavy atom. The molecule has 1 N–H and O–H groups in total. The van der Waals surface area contributed by atoms with Gasteiger partial charge >= 0.3 is 0 Å². The van der Waals surface area contributed by atoms with Crippen molar-refractivity contribution in [2.75, 3.05) is 6.54 Å². The van der Waals surface area contributed by atoms with Gasteiger partial charge in [-0.1, -0.05) is 0 Å². The fraction of sp³-hybridized carbons (Fsp3) is 0.444. The summed E-state index contributed by atoms with van der Waals surface area (Å²) in [6.45, 7) is 4.26. The molecule has 6 heteroatoms. The van der Waals surface area contributed by atoms with Crippen LogP contribution in [-0.2, 0) is 26.3 Å². The molecule has 0 fully saturated rings. The topological polar surface area (TPSA) is 76.9 Å². The zero-order valence-corrected chi connectivity index (χ0v) is 14.3. The number of hydrogen-bond acceptors (Lipinski definition) is 4. The molecule has 3 rings (SSSR count). The van der Waals surface area contributed by atoms with Gasteiger partial charge in [-0.05, 0) is 50.8 Å². The minimum Gasteiger partial charge on any atom is -0.351 e. The predicted octanol–water partition coefficient (Wildman–Crippen LogP) is 1.25. The highest BCUT2D eigenvalue weighted by atomic mass is 16.2. The highest BCUT2D eigenvalue weighted by Gasteiger charge is 2.17. The molecule has 0 atom stereocenters. The third-order valence-electron chi connectivity index (χ3n) is 4.62. The van der Waals surface area contributed by atoms with E-state index in [2.05, 4.69) is 15.3 Å². The van der Waals surface area contributed by atoms with E-state index in [-0.39, 0.29) is 17.0 Å². The second kappa shape index (κ2) is 6.55. The number of aromatic nitrogens is 3. The maximum Gasteiger partial charge on any atom is 0.263 e. The SMILES string of the molecule is Cc1nc(CCNC(=O)c2ccc(C)n(C)c2=O)nc2c1CCC2. The van der Waals surface area contributed by atoms with Crippen molar-refractivity contribution >= 4 is 5.91 Å². The van der Waals surface area contributed by atoms with Crippen LogP contribution in [0.25, 0.3) is 0 Å². The van der Waals surface area contributed by atoms with Gasteiger partial charge in [-0.15, -0.1) is 0 Å². The number of nitrogens with one attached hydrogen (secondary N) is 1. The minimum absolute atomic E-state index is 0.161. The maximum atomic E-state index is 12.2. The molecular weight excluding hydrogens is 304 g/mol. The normalized spacial score (nSPS) is 13.0. The molecule has 2 aromatic rings. The van der Waals surface area contributed by atoms with Crippen LogP contribution in [0.5, 0.6) is 0 Å². The van der Waals surface area contributed by atoms with Crippen LogP contribution in [0, 0.1) is 13.8 Å². The zero-order valence-electron chi connectivity index (χ0n) is 14.3. The number of nitrogens with zero attached hydrogens (tertiary/aromatic N) is 3. The average molecular weight is 326 g/mol. The fourth-order valence-electron chi connectivity index (χ4n) is 3.08. The van der Waals surface area contributed by atoms with Gasteiger partial charge in [-0.3, -0.25) is 9.59 Å². The third kappa shape index (κ3) is 3.09. The lowest BCUT2D eigenvalue weighted by atomic mass is 10.2. The van der Waals surface area contributed by atoms with E-state index in [1.54, 1.807) is 19.2 Å². The van der Waals surface area contributed by atoms with Gasteiger partial charge in [0.25, 0.3) is 11.5 Å². The number of carbonyl (C=O) groups excluding carboxylic acids is 1. The number of rotatable bonds is 4.